The van der Waals surface area contributed by atoms with E-state index in [1.54, 1.807) is 0 Å². The predicted molar refractivity (Wildman–Crippen MR) is 97.3 cm³/mol. The van der Waals surface area contributed by atoms with Gasteiger partial charge in [0.1, 0.15) is 0 Å². The number of anilines is 1. The van der Waals surface area contributed by atoms with E-state index in [1.807, 2.05) is 36.1 Å². The molecule has 1 aromatic rings. The fourth-order valence-corrected chi connectivity index (χ4v) is 3.71. The molecule has 0 saturated carbocycles. The van der Waals surface area contributed by atoms with E-state index in [0.717, 1.165) is 50.0 Å². The summed E-state index contributed by atoms with van der Waals surface area (Å²) in [5, 5.41) is 2.97. The maximum absolute atomic E-state index is 12.4. The van der Waals surface area contributed by atoms with Gasteiger partial charge in [0.2, 0.25) is 11.8 Å². The molecule has 0 radical (unpaired) electrons. The van der Waals surface area contributed by atoms with Crippen molar-refractivity contribution in [3.05, 3.63) is 29.8 Å². The van der Waals surface area contributed by atoms with Crippen molar-refractivity contribution in [2.24, 2.45) is 11.8 Å². The molecule has 2 aliphatic rings. The van der Waals surface area contributed by atoms with E-state index in [2.05, 4.69) is 5.32 Å². The minimum atomic E-state index is 0.0663. The lowest BCUT2D eigenvalue weighted by atomic mass is 9.91. The van der Waals surface area contributed by atoms with Crippen LogP contribution in [0.15, 0.2) is 24.3 Å². The molecule has 2 heterocycles. The van der Waals surface area contributed by atoms with Crippen LogP contribution in [0.4, 0.5) is 5.69 Å². The molecule has 5 heteroatoms. The third kappa shape index (κ3) is 5.05. The van der Waals surface area contributed by atoms with Gasteiger partial charge in [-0.25, -0.2) is 0 Å². The maximum atomic E-state index is 12.4. The third-order valence-electron chi connectivity index (χ3n) is 5.29. The minimum absolute atomic E-state index is 0.0663. The van der Waals surface area contributed by atoms with Crippen LogP contribution in [0.25, 0.3) is 0 Å². The van der Waals surface area contributed by atoms with Gasteiger partial charge in [-0.3, -0.25) is 9.59 Å². The number of carbonyl (C=O) groups excluding carboxylic acids is 2. The van der Waals surface area contributed by atoms with Crippen molar-refractivity contribution in [3.63, 3.8) is 0 Å². The first-order valence-corrected chi connectivity index (χ1v) is 9.35. The van der Waals surface area contributed by atoms with Crippen LogP contribution >= 0.6 is 0 Å². The molecule has 0 unspecified atom stereocenters. The summed E-state index contributed by atoms with van der Waals surface area (Å²) in [7, 11) is 0. The Kier molecular flexibility index (Phi) is 6.08. The zero-order chi connectivity index (χ0) is 17.6. The van der Waals surface area contributed by atoms with Gasteiger partial charge in [0.15, 0.2) is 0 Å². The second-order valence-electron chi connectivity index (χ2n) is 7.29. The molecule has 5 nitrogen and oxygen atoms in total. The Morgan fingerprint density at radius 3 is 2.72 bits per heavy atom. The Labute approximate surface area is 149 Å². The lowest BCUT2D eigenvalue weighted by Gasteiger charge is -2.33. The molecule has 1 aromatic carbocycles. The summed E-state index contributed by atoms with van der Waals surface area (Å²) < 4.78 is 5.32. The van der Waals surface area contributed by atoms with Gasteiger partial charge in [-0.15, -0.1) is 0 Å². The molecule has 2 saturated heterocycles. The maximum Gasteiger partial charge on any atom is 0.228 e. The van der Waals surface area contributed by atoms with E-state index in [1.165, 1.54) is 0 Å². The number of likely N-dealkylation sites (tertiary alicyclic amines) is 1. The molecule has 2 amide bonds. The number of carbonyl (C=O) groups is 2. The fourth-order valence-electron chi connectivity index (χ4n) is 3.71. The summed E-state index contributed by atoms with van der Waals surface area (Å²) in [6.45, 7) is 4.95. The van der Waals surface area contributed by atoms with Crippen LogP contribution in [-0.4, -0.2) is 43.0 Å². The number of rotatable bonds is 5. The lowest BCUT2D eigenvalue weighted by Crippen LogP contribution is -2.42. The number of aryl methyl sites for hydroxylation is 1. The topological polar surface area (TPSA) is 58.6 Å². The first-order valence-electron chi connectivity index (χ1n) is 9.35. The molecule has 0 bridgehead atoms. The van der Waals surface area contributed by atoms with Gasteiger partial charge in [0.25, 0.3) is 0 Å². The number of nitrogens with zero attached hydrogens (tertiary/aromatic N) is 1. The molecule has 0 aliphatic carbocycles. The van der Waals surface area contributed by atoms with E-state index in [0.29, 0.717) is 25.6 Å². The molecule has 2 fully saturated rings. The zero-order valence-electron chi connectivity index (χ0n) is 15.0. The highest BCUT2D eigenvalue weighted by Crippen LogP contribution is 2.25. The van der Waals surface area contributed by atoms with Crippen molar-refractivity contribution < 1.29 is 14.3 Å². The smallest absolute Gasteiger partial charge is 0.228 e. The summed E-state index contributed by atoms with van der Waals surface area (Å²) in [5.74, 6) is 0.934. The van der Waals surface area contributed by atoms with Crippen LogP contribution < -0.4 is 5.32 Å². The molecular weight excluding hydrogens is 316 g/mol. The lowest BCUT2D eigenvalue weighted by molar-refractivity contribution is -0.137. The Morgan fingerprint density at radius 1 is 1.24 bits per heavy atom. The first-order chi connectivity index (χ1) is 12.1. The van der Waals surface area contributed by atoms with E-state index in [-0.39, 0.29) is 17.7 Å². The van der Waals surface area contributed by atoms with Gasteiger partial charge < -0.3 is 15.0 Å². The number of piperidine rings is 1. The van der Waals surface area contributed by atoms with Crippen LogP contribution in [0.3, 0.4) is 0 Å². The van der Waals surface area contributed by atoms with Crippen LogP contribution in [0.1, 0.15) is 37.7 Å². The summed E-state index contributed by atoms with van der Waals surface area (Å²) in [6, 6.07) is 7.87. The molecule has 136 valence electrons. The standard InChI is InChI=1S/C20H28N2O3/c1-15-3-2-4-18(13-15)21-19(23)6-5-16-7-10-22(11-8-16)20(24)17-9-12-25-14-17/h2-4,13,16-17H,5-12,14H2,1H3,(H,21,23)/t17-/m1/s1. The average molecular weight is 344 g/mol. The van der Waals surface area contributed by atoms with Gasteiger partial charge in [-0.05, 0) is 56.2 Å². The van der Waals surface area contributed by atoms with Crippen LogP contribution in [0.2, 0.25) is 0 Å². The summed E-state index contributed by atoms with van der Waals surface area (Å²) in [6.07, 6.45) is 4.29. The van der Waals surface area contributed by atoms with E-state index in [4.69, 9.17) is 4.74 Å². The van der Waals surface area contributed by atoms with Gasteiger partial charge >= 0.3 is 0 Å². The van der Waals surface area contributed by atoms with Crippen molar-refractivity contribution in [3.8, 4) is 0 Å². The van der Waals surface area contributed by atoms with Gasteiger partial charge in [-0.2, -0.15) is 0 Å². The summed E-state index contributed by atoms with van der Waals surface area (Å²) in [4.78, 5) is 26.5. The second kappa shape index (κ2) is 8.48. The van der Waals surface area contributed by atoms with Crippen molar-refractivity contribution in [1.29, 1.82) is 0 Å². The molecule has 1 atom stereocenters. The summed E-state index contributed by atoms with van der Waals surface area (Å²) >= 11 is 0. The van der Waals surface area contributed by atoms with Gasteiger partial charge in [-0.1, -0.05) is 12.1 Å². The quantitative estimate of drug-likeness (QED) is 0.893. The number of amides is 2. The minimum Gasteiger partial charge on any atom is -0.381 e. The Balaban J connectivity index is 1.37. The van der Waals surface area contributed by atoms with Crippen molar-refractivity contribution in [2.45, 2.75) is 39.0 Å². The number of hydrogen-bond acceptors (Lipinski definition) is 3. The molecular formula is C20H28N2O3. The molecule has 2 aliphatic heterocycles. The molecule has 3 rings (SSSR count). The van der Waals surface area contributed by atoms with E-state index < -0.39 is 0 Å². The zero-order valence-corrected chi connectivity index (χ0v) is 15.0. The Morgan fingerprint density at radius 2 is 2.04 bits per heavy atom. The molecule has 0 aromatic heterocycles. The number of ether oxygens (including phenoxy) is 1. The van der Waals surface area contributed by atoms with Crippen molar-refractivity contribution >= 4 is 17.5 Å². The number of hydrogen-bond donors (Lipinski definition) is 1. The van der Waals surface area contributed by atoms with Crippen LogP contribution in [0, 0.1) is 18.8 Å². The Bertz CT molecular complexity index is 603. The van der Waals surface area contributed by atoms with Crippen molar-refractivity contribution in [1.82, 2.24) is 4.90 Å². The van der Waals surface area contributed by atoms with Gasteiger partial charge in [0, 0.05) is 31.8 Å². The first kappa shape index (κ1) is 17.9. The number of nitrogens with one attached hydrogen (secondary N) is 1. The number of benzene rings is 1. The Hall–Kier alpha value is -1.88. The average Bonchev–Trinajstić information content (AvgIpc) is 3.14. The van der Waals surface area contributed by atoms with Crippen LogP contribution in [-0.2, 0) is 14.3 Å². The highest BCUT2D eigenvalue weighted by molar-refractivity contribution is 5.90. The van der Waals surface area contributed by atoms with Crippen molar-refractivity contribution in [2.75, 3.05) is 31.6 Å². The second-order valence-corrected chi connectivity index (χ2v) is 7.29. The SMILES string of the molecule is Cc1cccc(NC(=O)CCC2CCN(C(=O)[C@@H]3CCOC3)CC2)c1. The third-order valence-corrected chi connectivity index (χ3v) is 5.29. The van der Waals surface area contributed by atoms with E-state index in [9.17, 15) is 9.59 Å². The molecule has 25 heavy (non-hydrogen) atoms. The normalized spacial score (nSPS) is 21.3. The summed E-state index contributed by atoms with van der Waals surface area (Å²) in [5.41, 5.74) is 2.01. The molecule has 1 N–H and O–H groups in total. The highest BCUT2D eigenvalue weighted by atomic mass is 16.5. The monoisotopic (exact) mass is 344 g/mol. The van der Waals surface area contributed by atoms with Gasteiger partial charge in [0.05, 0.1) is 12.5 Å². The predicted octanol–water partition coefficient (Wildman–Crippen LogP) is 2.99. The van der Waals surface area contributed by atoms with E-state index >= 15 is 0 Å². The molecule has 0 spiro atoms. The highest BCUT2D eigenvalue weighted by Gasteiger charge is 2.30. The fraction of sp³-hybridized carbons (Fsp3) is 0.600. The largest absolute Gasteiger partial charge is 0.381 e. The van der Waals surface area contributed by atoms with Crippen LogP contribution in [0.5, 0.6) is 0 Å².